The lowest BCUT2D eigenvalue weighted by Crippen LogP contribution is -2.33. The van der Waals surface area contributed by atoms with E-state index in [1.807, 2.05) is 83.8 Å². The third-order valence-electron chi connectivity index (χ3n) is 4.74. The summed E-state index contributed by atoms with van der Waals surface area (Å²) in [5.74, 6) is 0.658. The molecule has 0 aliphatic heterocycles. The van der Waals surface area contributed by atoms with E-state index in [1.165, 1.54) is 0 Å². The number of benzene rings is 3. The van der Waals surface area contributed by atoms with Gasteiger partial charge in [-0.3, -0.25) is 4.79 Å². The first kappa shape index (κ1) is 19.4. The van der Waals surface area contributed by atoms with Gasteiger partial charge in [0, 0.05) is 12.1 Å². The molecule has 1 unspecified atom stereocenters. The van der Waals surface area contributed by atoms with Gasteiger partial charge in [-0.15, -0.1) is 0 Å². The molecule has 0 aromatic heterocycles. The van der Waals surface area contributed by atoms with Gasteiger partial charge in [0.1, 0.15) is 5.75 Å². The highest BCUT2D eigenvalue weighted by Crippen LogP contribution is 2.24. The van der Waals surface area contributed by atoms with E-state index in [0.29, 0.717) is 17.9 Å². The van der Waals surface area contributed by atoms with E-state index in [4.69, 9.17) is 4.74 Å². The summed E-state index contributed by atoms with van der Waals surface area (Å²) in [5.41, 5.74) is 2.84. The molecule has 3 heteroatoms. The van der Waals surface area contributed by atoms with E-state index in [1.54, 1.807) is 13.2 Å². The largest absolute Gasteiger partial charge is 0.497 e. The zero-order valence-corrected chi connectivity index (χ0v) is 16.3. The normalized spacial score (nSPS) is 11.9. The van der Waals surface area contributed by atoms with Gasteiger partial charge in [-0.2, -0.15) is 0 Å². The number of ether oxygens (including phenoxy) is 1. The first-order valence-electron chi connectivity index (χ1n) is 9.40. The van der Waals surface area contributed by atoms with E-state index in [9.17, 15) is 4.79 Å². The van der Waals surface area contributed by atoms with Crippen LogP contribution in [-0.4, -0.2) is 24.5 Å². The molecule has 0 aliphatic carbocycles. The second-order valence-corrected chi connectivity index (χ2v) is 6.59. The minimum absolute atomic E-state index is 0.0204. The summed E-state index contributed by atoms with van der Waals surface area (Å²) < 4.78 is 5.28. The summed E-state index contributed by atoms with van der Waals surface area (Å²) in [6.45, 7) is 2.57. The average molecular weight is 371 g/mol. The van der Waals surface area contributed by atoms with Crippen molar-refractivity contribution >= 4 is 12.0 Å². The van der Waals surface area contributed by atoms with Crippen molar-refractivity contribution < 1.29 is 9.53 Å². The number of amides is 1. The van der Waals surface area contributed by atoms with Crippen LogP contribution in [0.3, 0.4) is 0 Å². The molecule has 0 spiro atoms. The Kier molecular flexibility index (Phi) is 6.64. The number of rotatable bonds is 7. The fraction of sp³-hybridized carbons (Fsp3) is 0.160. The van der Waals surface area contributed by atoms with E-state index < -0.39 is 0 Å². The Balaban J connectivity index is 1.87. The van der Waals surface area contributed by atoms with Crippen LogP contribution in [0.15, 0.2) is 91.0 Å². The zero-order valence-electron chi connectivity index (χ0n) is 16.3. The van der Waals surface area contributed by atoms with Crippen LogP contribution in [-0.2, 0) is 0 Å². The summed E-state index contributed by atoms with van der Waals surface area (Å²) >= 11 is 0. The molecule has 3 aromatic rings. The Bertz CT molecular complexity index is 920. The summed E-state index contributed by atoms with van der Waals surface area (Å²) in [5, 5.41) is 0. The van der Waals surface area contributed by atoms with Gasteiger partial charge in [-0.1, -0.05) is 78.9 Å². The quantitative estimate of drug-likeness (QED) is 0.540. The van der Waals surface area contributed by atoms with Gasteiger partial charge in [0.05, 0.1) is 13.2 Å². The lowest BCUT2D eigenvalue weighted by Gasteiger charge is -2.29. The summed E-state index contributed by atoms with van der Waals surface area (Å²) in [4.78, 5) is 15.2. The molecule has 28 heavy (non-hydrogen) atoms. The third-order valence-corrected chi connectivity index (χ3v) is 4.74. The Hall–Kier alpha value is -3.33. The number of nitrogens with zero attached hydrogens (tertiary/aromatic N) is 1. The molecule has 142 valence electrons. The van der Waals surface area contributed by atoms with Crippen LogP contribution in [0.4, 0.5) is 0 Å². The predicted octanol–water partition coefficient (Wildman–Crippen LogP) is 5.61. The molecule has 3 nitrogen and oxygen atoms in total. The fourth-order valence-electron chi connectivity index (χ4n) is 3.12. The first-order valence-corrected chi connectivity index (χ1v) is 9.40. The van der Waals surface area contributed by atoms with Crippen molar-refractivity contribution in [3.05, 3.63) is 108 Å². The Morgan fingerprint density at radius 3 is 2.32 bits per heavy atom. The minimum Gasteiger partial charge on any atom is -0.497 e. The molecule has 0 heterocycles. The maximum absolute atomic E-state index is 13.3. The number of methoxy groups -OCH3 is 1. The summed E-state index contributed by atoms with van der Waals surface area (Å²) in [6, 6.07) is 27.4. The van der Waals surface area contributed by atoms with Gasteiger partial charge in [0.2, 0.25) is 0 Å². The van der Waals surface area contributed by atoms with Crippen molar-refractivity contribution in [1.29, 1.82) is 0 Å². The smallest absolute Gasteiger partial charge is 0.254 e. The van der Waals surface area contributed by atoms with Gasteiger partial charge < -0.3 is 9.64 Å². The van der Waals surface area contributed by atoms with Crippen LogP contribution < -0.4 is 4.74 Å². The lowest BCUT2D eigenvalue weighted by atomic mass is 10.1. The van der Waals surface area contributed by atoms with Crippen LogP contribution >= 0.6 is 0 Å². The average Bonchev–Trinajstić information content (AvgIpc) is 2.77. The van der Waals surface area contributed by atoms with E-state index in [-0.39, 0.29) is 11.9 Å². The van der Waals surface area contributed by atoms with Crippen LogP contribution in [0.5, 0.6) is 5.75 Å². The summed E-state index contributed by atoms with van der Waals surface area (Å²) in [7, 11) is 1.61. The molecule has 0 N–H and O–H groups in total. The van der Waals surface area contributed by atoms with Crippen LogP contribution in [0.2, 0.25) is 0 Å². The second-order valence-electron chi connectivity index (χ2n) is 6.59. The fourth-order valence-corrected chi connectivity index (χ4v) is 3.12. The van der Waals surface area contributed by atoms with Crippen molar-refractivity contribution in [3.8, 4) is 5.75 Å². The Morgan fingerprint density at radius 1 is 0.964 bits per heavy atom. The molecule has 3 aromatic carbocycles. The highest BCUT2D eigenvalue weighted by atomic mass is 16.5. The molecule has 0 fully saturated rings. The van der Waals surface area contributed by atoms with Crippen LogP contribution in [0.25, 0.3) is 6.08 Å². The molecule has 0 aliphatic rings. The standard InChI is InChI=1S/C25H25NO2/c1-20(22-14-7-4-8-15-22)26(18-10-13-21-11-5-3-6-12-21)25(27)23-16-9-17-24(19-23)28-2/h3-17,19-20H,18H2,1-2H3/b13-10+. The maximum Gasteiger partial charge on any atom is 0.254 e. The molecular weight excluding hydrogens is 346 g/mol. The lowest BCUT2D eigenvalue weighted by molar-refractivity contribution is 0.0714. The maximum atomic E-state index is 13.3. The van der Waals surface area contributed by atoms with Crippen LogP contribution in [0.1, 0.15) is 34.5 Å². The van der Waals surface area contributed by atoms with Crippen molar-refractivity contribution in [2.75, 3.05) is 13.7 Å². The molecular formula is C25H25NO2. The molecule has 3 rings (SSSR count). The van der Waals surface area contributed by atoms with Gasteiger partial charge >= 0.3 is 0 Å². The van der Waals surface area contributed by atoms with Gasteiger partial charge in [-0.05, 0) is 36.2 Å². The topological polar surface area (TPSA) is 29.5 Å². The van der Waals surface area contributed by atoms with E-state index in [0.717, 1.165) is 11.1 Å². The molecule has 0 radical (unpaired) electrons. The van der Waals surface area contributed by atoms with E-state index in [2.05, 4.69) is 19.1 Å². The number of carbonyl (C=O) groups excluding carboxylic acids is 1. The predicted molar refractivity (Wildman–Crippen MR) is 114 cm³/mol. The van der Waals surface area contributed by atoms with E-state index >= 15 is 0 Å². The number of carbonyl (C=O) groups is 1. The molecule has 0 bridgehead atoms. The summed E-state index contributed by atoms with van der Waals surface area (Å²) in [6.07, 6.45) is 4.08. The second kappa shape index (κ2) is 9.56. The molecule has 0 saturated heterocycles. The SMILES string of the molecule is COc1cccc(C(=O)N(C/C=C/c2ccccc2)C(C)c2ccccc2)c1. The highest BCUT2D eigenvalue weighted by molar-refractivity contribution is 5.95. The van der Waals surface area contributed by atoms with Gasteiger partial charge in [-0.25, -0.2) is 0 Å². The monoisotopic (exact) mass is 371 g/mol. The Labute approximate surface area is 166 Å². The number of hydrogen-bond donors (Lipinski definition) is 0. The molecule has 0 saturated carbocycles. The van der Waals surface area contributed by atoms with Crippen molar-refractivity contribution in [2.24, 2.45) is 0 Å². The zero-order chi connectivity index (χ0) is 19.8. The first-order chi connectivity index (χ1) is 13.7. The van der Waals surface area contributed by atoms with Gasteiger partial charge in [0.25, 0.3) is 5.91 Å². The number of hydrogen-bond acceptors (Lipinski definition) is 2. The Morgan fingerprint density at radius 2 is 1.64 bits per heavy atom. The molecule has 1 amide bonds. The molecule has 1 atom stereocenters. The van der Waals surface area contributed by atoms with Crippen molar-refractivity contribution in [3.63, 3.8) is 0 Å². The third kappa shape index (κ3) is 4.89. The van der Waals surface area contributed by atoms with Crippen molar-refractivity contribution in [2.45, 2.75) is 13.0 Å². The van der Waals surface area contributed by atoms with Crippen LogP contribution in [0, 0.1) is 0 Å². The highest BCUT2D eigenvalue weighted by Gasteiger charge is 2.22. The minimum atomic E-state index is -0.0553. The van der Waals surface area contributed by atoms with Crippen molar-refractivity contribution in [1.82, 2.24) is 4.90 Å². The van der Waals surface area contributed by atoms with Gasteiger partial charge in [0.15, 0.2) is 0 Å².